The molecule has 0 fully saturated rings. The minimum absolute atomic E-state index is 0. The smallest absolute Gasteiger partial charge is 0.243 e. The third kappa shape index (κ3) is 6.69. The Kier molecular flexibility index (Phi) is 9.57. The summed E-state index contributed by atoms with van der Waals surface area (Å²) in [5.74, 6) is 1.65. The minimum atomic E-state index is -0.0252. The van der Waals surface area contributed by atoms with E-state index in [1.165, 1.54) is 4.88 Å². The van der Waals surface area contributed by atoms with Gasteiger partial charge in [-0.2, -0.15) is 0 Å². The molecule has 1 aromatic carbocycles. The highest BCUT2D eigenvalue weighted by Gasteiger charge is 2.07. The van der Waals surface area contributed by atoms with Gasteiger partial charge in [-0.1, -0.05) is 18.2 Å². The van der Waals surface area contributed by atoms with E-state index >= 15 is 0 Å². The van der Waals surface area contributed by atoms with Gasteiger partial charge in [0.2, 0.25) is 5.91 Å². The molecule has 7 nitrogen and oxygen atoms in total. The first-order valence-electron chi connectivity index (χ1n) is 9.71. The van der Waals surface area contributed by atoms with Crippen LogP contribution < -0.4 is 10.6 Å². The molecule has 0 saturated heterocycles. The number of aromatic nitrogens is 2. The molecule has 30 heavy (non-hydrogen) atoms. The Morgan fingerprint density at radius 3 is 2.73 bits per heavy atom. The normalized spacial score (nSPS) is 11.2. The maximum absolute atomic E-state index is 11.9. The highest BCUT2D eigenvalue weighted by Crippen LogP contribution is 2.15. The van der Waals surface area contributed by atoms with Crippen LogP contribution >= 0.6 is 35.3 Å². The van der Waals surface area contributed by atoms with Gasteiger partial charge >= 0.3 is 0 Å². The summed E-state index contributed by atoms with van der Waals surface area (Å²) in [6.45, 7) is 4.46. The molecule has 2 heterocycles. The van der Waals surface area contributed by atoms with Gasteiger partial charge < -0.3 is 20.1 Å². The number of aryl methyl sites for hydroxylation is 2. The summed E-state index contributed by atoms with van der Waals surface area (Å²) in [4.78, 5) is 23.7. The van der Waals surface area contributed by atoms with Crippen LogP contribution in [-0.4, -0.2) is 53.5 Å². The minimum Gasteiger partial charge on any atom is -0.356 e. The van der Waals surface area contributed by atoms with E-state index in [4.69, 9.17) is 0 Å². The summed E-state index contributed by atoms with van der Waals surface area (Å²) < 4.78 is 2.24. The van der Waals surface area contributed by atoms with Gasteiger partial charge in [-0.15, -0.1) is 35.3 Å². The number of hydrogen-bond acceptors (Lipinski definition) is 4. The fourth-order valence-corrected chi connectivity index (χ4v) is 3.61. The quantitative estimate of drug-likeness (QED) is 0.199. The molecule has 2 N–H and O–H groups in total. The molecule has 162 valence electrons. The van der Waals surface area contributed by atoms with Crippen LogP contribution in [0, 0.1) is 6.92 Å². The summed E-state index contributed by atoms with van der Waals surface area (Å²) >= 11 is 1.69. The second-order valence-electron chi connectivity index (χ2n) is 6.97. The van der Waals surface area contributed by atoms with Crippen LogP contribution in [0.15, 0.2) is 46.8 Å². The number of amides is 1. The number of rotatable bonds is 8. The number of nitrogens with zero attached hydrogens (tertiary/aromatic N) is 4. The predicted octanol–water partition coefficient (Wildman–Crippen LogP) is 3.24. The Hall–Kier alpha value is -2.14. The van der Waals surface area contributed by atoms with E-state index in [-0.39, 0.29) is 36.4 Å². The topological polar surface area (TPSA) is 74.5 Å². The Balaban J connectivity index is 0.00000320. The molecule has 1 amide bonds. The molecule has 0 saturated carbocycles. The average Bonchev–Trinajstić information content (AvgIpc) is 3.33. The molecule has 0 bridgehead atoms. The Labute approximate surface area is 198 Å². The Bertz CT molecular complexity index is 967. The Morgan fingerprint density at radius 2 is 2.00 bits per heavy atom. The van der Waals surface area contributed by atoms with Crippen LogP contribution in [0.4, 0.5) is 0 Å². The summed E-state index contributed by atoms with van der Waals surface area (Å²) in [6, 6.07) is 12.3. The van der Waals surface area contributed by atoms with E-state index in [0.717, 1.165) is 36.4 Å². The van der Waals surface area contributed by atoms with Crippen molar-refractivity contribution in [1.82, 2.24) is 25.1 Å². The first kappa shape index (κ1) is 24.1. The first-order valence-corrected chi connectivity index (χ1v) is 10.6. The lowest BCUT2D eigenvalue weighted by molar-refractivity contribution is -0.127. The summed E-state index contributed by atoms with van der Waals surface area (Å²) in [6.07, 6.45) is 0.919. The number of carbonyl (C=O) groups excluding carboxylic acids is 1. The molecule has 9 heteroatoms. The van der Waals surface area contributed by atoms with Crippen LogP contribution in [0.25, 0.3) is 11.0 Å². The first-order chi connectivity index (χ1) is 14.0. The maximum atomic E-state index is 11.9. The number of aliphatic imine (C=N–C) groups is 1. The number of guanidine groups is 1. The zero-order valence-corrected chi connectivity index (χ0v) is 20.7. The zero-order valence-electron chi connectivity index (χ0n) is 17.6. The van der Waals surface area contributed by atoms with Crippen molar-refractivity contribution in [3.63, 3.8) is 0 Å². The van der Waals surface area contributed by atoms with Gasteiger partial charge in [-0.05, 0) is 36.9 Å². The number of benzene rings is 1. The van der Waals surface area contributed by atoms with Crippen molar-refractivity contribution in [3.05, 3.63) is 52.5 Å². The number of halogens is 1. The number of fused-ring (bicyclic) bond motifs is 1. The van der Waals surface area contributed by atoms with Crippen molar-refractivity contribution < 1.29 is 4.79 Å². The Morgan fingerprint density at radius 1 is 1.20 bits per heavy atom. The second-order valence-corrected chi connectivity index (χ2v) is 8.00. The fourth-order valence-electron chi connectivity index (χ4n) is 2.97. The number of hydrogen-bond donors (Lipinski definition) is 2. The van der Waals surface area contributed by atoms with Crippen molar-refractivity contribution >= 4 is 58.2 Å². The molecular formula is C21H29IN6OS. The van der Waals surface area contributed by atoms with Gasteiger partial charge in [-0.3, -0.25) is 4.79 Å². The lowest BCUT2D eigenvalue weighted by Crippen LogP contribution is -2.38. The van der Waals surface area contributed by atoms with E-state index in [1.807, 2.05) is 31.2 Å². The molecule has 0 radical (unpaired) electrons. The second kappa shape index (κ2) is 11.9. The standard InChI is InChI=1S/C21H28N6OS.HI/c1-16-25-18-9-4-5-10-19(18)27(16)12-7-11-22-21(24-15-20(28)26(2)3)23-14-17-8-6-13-29-17;/h4-6,8-10,13H,7,11-12,14-15H2,1-3H3,(H2,22,23,24);1H. The third-order valence-electron chi connectivity index (χ3n) is 4.58. The lowest BCUT2D eigenvalue weighted by atomic mass is 10.3. The molecule has 0 spiro atoms. The number of para-hydroxylation sites is 2. The molecule has 0 aliphatic heterocycles. The summed E-state index contributed by atoms with van der Waals surface area (Å²) in [7, 11) is 3.48. The van der Waals surface area contributed by atoms with Crippen molar-refractivity contribution in [2.24, 2.45) is 4.99 Å². The molecule has 0 aliphatic carbocycles. The lowest BCUT2D eigenvalue weighted by Gasteiger charge is -2.14. The van der Waals surface area contributed by atoms with Crippen LogP contribution in [0.2, 0.25) is 0 Å². The maximum Gasteiger partial charge on any atom is 0.243 e. The van der Waals surface area contributed by atoms with Crippen LogP contribution in [0.1, 0.15) is 17.1 Å². The zero-order chi connectivity index (χ0) is 20.6. The molecule has 0 atom stereocenters. The largest absolute Gasteiger partial charge is 0.356 e. The van der Waals surface area contributed by atoms with E-state index in [2.05, 4.69) is 42.7 Å². The molecule has 2 aromatic heterocycles. The van der Waals surface area contributed by atoms with Crippen LogP contribution in [0.3, 0.4) is 0 Å². The molecule has 0 aliphatic rings. The van der Waals surface area contributed by atoms with Gasteiger partial charge in [0.25, 0.3) is 0 Å². The average molecular weight is 540 g/mol. The summed E-state index contributed by atoms with van der Waals surface area (Å²) in [5.41, 5.74) is 2.19. The SMILES string of the molecule is Cc1nc2ccccc2n1CCCNC(=NCC(=O)N(C)C)NCc1cccs1.I. The van der Waals surface area contributed by atoms with Crippen LogP contribution in [-0.2, 0) is 17.9 Å². The van der Waals surface area contributed by atoms with E-state index < -0.39 is 0 Å². The number of carbonyl (C=O) groups is 1. The highest BCUT2D eigenvalue weighted by atomic mass is 127. The van der Waals surface area contributed by atoms with Crippen LogP contribution in [0.5, 0.6) is 0 Å². The highest BCUT2D eigenvalue weighted by molar-refractivity contribution is 14.0. The molecule has 3 aromatic rings. The molecule has 0 unspecified atom stereocenters. The van der Waals surface area contributed by atoms with Gasteiger partial charge in [-0.25, -0.2) is 9.98 Å². The van der Waals surface area contributed by atoms with Gasteiger partial charge in [0, 0.05) is 32.1 Å². The van der Waals surface area contributed by atoms with Gasteiger partial charge in [0.15, 0.2) is 5.96 Å². The van der Waals surface area contributed by atoms with E-state index in [0.29, 0.717) is 12.5 Å². The molecule has 3 rings (SSSR count). The van der Waals surface area contributed by atoms with Gasteiger partial charge in [0.05, 0.1) is 17.6 Å². The number of nitrogens with one attached hydrogen (secondary N) is 2. The number of likely N-dealkylation sites (N-methyl/N-ethyl adjacent to an activating group) is 1. The fraction of sp³-hybridized carbons (Fsp3) is 0.381. The van der Waals surface area contributed by atoms with E-state index in [9.17, 15) is 4.79 Å². The van der Waals surface area contributed by atoms with E-state index in [1.54, 1.807) is 30.3 Å². The monoisotopic (exact) mass is 540 g/mol. The van der Waals surface area contributed by atoms with Crippen molar-refractivity contribution in [3.8, 4) is 0 Å². The van der Waals surface area contributed by atoms with Crippen molar-refractivity contribution in [2.75, 3.05) is 27.2 Å². The molecular weight excluding hydrogens is 511 g/mol. The number of imidazole rings is 1. The van der Waals surface area contributed by atoms with Crippen molar-refractivity contribution in [1.29, 1.82) is 0 Å². The summed E-state index contributed by atoms with van der Waals surface area (Å²) in [5, 5.41) is 8.71. The third-order valence-corrected chi connectivity index (χ3v) is 5.45. The number of thiophene rings is 1. The van der Waals surface area contributed by atoms with Gasteiger partial charge in [0.1, 0.15) is 12.4 Å². The van der Waals surface area contributed by atoms with Crippen molar-refractivity contribution in [2.45, 2.75) is 26.4 Å². The predicted molar refractivity (Wildman–Crippen MR) is 135 cm³/mol.